The minimum absolute atomic E-state index is 0.296. The zero-order chi connectivity index (χ0) is 6.57. The number of hydrogen-bond donors (Lipinski definition) is 0. The average Bonchev–Trinajstić information content (AvgIpc) is 1.65. The van der Waals surface area contributed by atoms with Gasteiger partial charge in [0.15, 0.2) is 0 Å². The first-order valence-corrected chi connectivity index (χ1v) is 3.14. The first kappa shape index (κ1) is 7.78. The van der Waals surface area contributed by atoms with Crippen LogP contribution in [0.3, 0.4) is 0 Å². The smallest absolute Gasteiger partial charge is 0.120 e. The Hall–Kier alpha value is -0.220. The van der Waals surface area contributed by atoms with Crippen molar-refractivity contribution in [1.82, 2.24) is 0 Å². The largest absolute Gasteiger partial charge is 0.197 e. The molecular weight excluding hydrogens is 122 g/mol. The maximum atomic E-state index is 8.20. The summed E-state index contributed by atoms with van der Waals surface area (Å²) in [5, 5.41) is 7.91. The predicted octanol–water partition coefficient (Wildman–Crippen LogP) is 2.16. The van der Waals surface area contributed by atoms with E-state index in [0.717, 1.165) is 6.42 Å². The van der Waals surface area contributed by atoms with Crippen molar-refractivity contribution in [3.8, 4) is 6.07 Å². The molecule has 0 aromatic heterocycles. The van der Waals surface area contributed by atoms with Crippen LogP contribution in [0.1, 0.15) is 20.3 Å². The second-order valence-electron chi connectivity index (χ2n) is 2.23. The van der Waals surface area contributed by atoms with Crippen molar-refractivity contribution in [2.24, 2.45) is 5.92 Å². The third-order valence-corrected chi connectivity index (χ3v) is 1.09. The number of hydrogen-bond acceptors (Lipinski definition) is 1. The molecule has 0 aliphatic heterocycles. The van der Waals surface area contributed by atoms with Gasteiger partial charge in [-0.3, -0.25) is 0 Å². The molecule has 0 aliphatic carbocycles. The summed E-state index contributed by atoms with van der Waals surface area (Å²) in [5.74, 6) is 0.525. The third kappa shape index (κ3) is 3.95. The van der Waals surface area contributed by atoms with Crippen molar-refractivity contribution in [2.45, 2.75) is 25.6 Å². The molecule has 1 atom stereocenters. The summed E-state index contributed by atoms with van der Waals surface area (Å²) in [4.78, 5) is 0. The highest BCUT2D eigenvalue weighted by Crippen LogP contribution is 2.08. The Morgan fingerprint density at radius 1 is 1.62 bits per heavy atom. The van der Waals surface area contributed by atoms with Crippen LogP contribution in [-0.2, 0) is 0 Å². The Kier molecular flexibility index (Phi) is 3.64. The van der Waals surface area contributed by atoms with Crippen LogP contribution < -0.4 is 0 Å². The highest BCUT2D eigenvalue weighted by atomic mass is 35.5. The Morgan fingerprint density at radius 2 is 2.12 bits per heavy atom. The fourth-order valence-electron chi connectivity index (χ4n) is 0.467. The SMILES string of the molecule is CC(C)CC(Cl)C#N. The van der Waals surface area contributed by atoms with Crippen LogP contribution in [0.5, 0.6) is 0 Å². The van der Waals surface area contributed by atoms with Gasteiger partial charge in [-0.15, -0.1) is 11.6 Å². The van der Waals surface area contributed by atoms with Gasteiger partial charge in [-0.1, -0.05) is 13.8 Å². The van der Waals surface area contributed by atoms with Crippen molar-refractivity contribution in [2.75, 3.05) is 0 Å². The number of nitriles is 1. The lowest BCUT2D eigenvalue weighted by atomic mass is 10.1. The first-order valence-electron chi connectivity index (χ1n) is 2.70. The number of alkyl halides is 1. The van der Waals surface area contributed by atoms with Gasteiger partial charge >= 0.3 is 0 Å². The van der Waals surface area contributed by atoms with Gasteiger partial charge in [-0.05, 0) is 12.3 Å². The molecule has 0 spiro atoms. The number of halogens is 1. The lowest BCUT2D eigenvalue weighted by Gasteiger charge is -2.01. The van der Waals surface area contributed by atoms with Gasteiger partial charge in [0.1, 0.15) is 5.38 Å². The molecule has 0 aromatic rings. The Bertz CT molecular complexity index is 93.2. The van der Waals surface area contributed by atoms with Gasteiger partial charge in [0.25, 0.3) is 0 Å². The van der Waals surface area contributed by atoms with Gasteiger partial charge in [-0.25, -0.2) is 0 Å². The lowest BCUT2D eigenvalue weighted by molar-refractivity contribution is 0.601. The molecule has 0 amide bonds. The molecule has 0 heterocycles. The van der Waals surface area contributed by atoms with Gasteiger partial charge in [0.2, 0.25) is 0 Å². The second kappa shape index (κ2) is 3.74. The standard InChI is InChI=1S/C6H10ClN/c1-5(2)3-6(7)4-8/h5-6H,3H2,1-2H3. The summed E-state index contributed by atoms with van der Waals surface area (Å²) >= 11 is 5.50. The molecule has 8 heavy (non-hydrogen) atoms. The van der Waals surface area contributed by atoms with Gasteiger partial charge < -0.3 is 0 Å². The zero-order valence-electron chi connectivity index (χ0n) is 5.19. The quantitative estimate of drug-likeness (QED) is 0.527. The summed E-state index contributed by atoms with van der Waals surface area (Å²) in [6, 6.07) is 1.96. The topological polar surface area (TPSA) is 23.8 Å². The first-order chi connectivity index (χ1) is 3.66. The molecule has 0 radical (unpaired) electrons. The fraction of sp³-hybridized carbons (Fsp3) is 0.833. The van der Waals surface area contributed by atoms with E-state index in [0.29, 0.717) is 5.92 Å². The van der Waals surface area contributed by atoms with Crippen molar-refractivity contribution in [1.29, 1.82) is 5.26 Å². The highest BCUT2D eigenvalue weighted by molar-refractivity contribution is 6.22. The van der Waals surface area contributed by atoms with Crippen LogP contribution in [-0.4, -0.2) is 5.38 Å². The van der Waals surface area contributed by atoms with E-state index in [1.54, 1.807) is 0 Å². The van der Waals surface area contributed by atoms with Crippen LogP contribution >= 0.6 is 11.6 Å². The fourth-order valence-corrected chi connectivity index (χ4v) is 0.823. The predicted molar refractivity (Wildman–Crippen MR) is 34.7 cm³/mol. The van der Waals surface area contributed by atoms with E-state index in [9.17, 15) is 0 Å². The van der Waals surface area contributed by atoms with Crippen molar-refractivity contribution < 1.29 is 0 Å². The van der Waals surface area contributed by atoms with Gasteiger partial charge in [0, 0.05) is 0 Å². The molecule has 1 unspecified atom stereocenters. The van der Waals surface area contributed by atoms with Gasteiger partial charge in [0.05, 0.1) is 6.07 Å². The molecule has 0 N–H and O–H groups in total. The Labute approximate surface area is 55.3 Å². The summed E-state index contributed by atoms with van der Waals surface area (Å²) in [7, 11) is 0. The maximum Gasteiger partial charge on any atom is 0.120 e. The average molecular weight is 132 g/mol. The van der Waals surface area contributed by atoms with Crippen LogP contribution in [0.4, 0.5) is 0 Å². The lowest BCUT2D eigenvalue weighted by Crippen LogP contribution is -1.98. The van der Waals surface area contributed by atoms with Crippen molar-refractivity contribution in [3.63, 3.8) is 0 Å². The molecule has 0 rings (SSSR count). The van der Waals surface area contributed by atoms with Gasteiger partial charge in [-0.2, -0.15) is 5.26 Å². The monoisotopic (exact) mass is 131 g/mol. The van der Waals surface area contributed by atoms with Crippen LogP contribution in [0, 0.1) is 17.2 Å². The van der Waals surface area contributed by atoms with Crippen LogP contribution in [0.2, 0.25) is 0 Å². The Balaban J connectivity index is 3.28. The molecule has 0 saturated carbocycles. The highest BCUT2D eigenvalue weighted by Gasteiger charge is 2.03. The summed E-state index contributed by atoms with van der Waals surface area (Å²) in [6.07, 6.45) is 0.790. The molecule has 46 valence electrons. The van der Waals surface area contributed by atoms with Crippen molar-refractivity contribution >= 4 is 11.6 Å². The minimum Gasteiger partial charge on any atom is -0.197 e. The van der Waals surface area contributed by atoms with E-state index >= 15 is 0 Å². The van der Waals surface area contributed by atoms with E-state index in [2.05, 4.69) is 0 Å². The normalized spacial score (nSPS) is 13.4. The number of rotatable bonds is 2. The summed E-state index contributed by atoms with van der Waals surface area (Å²) < 4.78 is 0. The second-order valence-corrected chi connectivity index (χ2v) is 2.75. The summed E-state index contributed by atoms with van der Waals surface area (Å²) in [5.41, 5.74) is 0. The van der Waals surface area contributed by atoms with E-state index in [4.69, 9.17) is 16.9 Å². The molecule has 2 heteroatoms. The summed E-state index contributed by atoms with van der Waals surface area (Å²) in [6.45, 7) is 4.10. The van der Waals surface area contributed by atoms with E-state index < -0.39 is 0 Å². The number of nitrogens with zero attached hydrogens (tertiary/aromatic N) is 1. The zero-order valence-corrected chi connectivity index (χ0v) is 5.94. The minimum atomic E-state index is -0.296. The molecular formula is C6H10ClN. The van der Waals surface area contributed by atoms with E-state index in [1.165, 1.54) is 0 Å². The molecule has 0 fully saturated rings. The molecule has 0 aromatic carbocycles. The van der Waals surface area contributed by atoms with E-state index in [1.807, 2.05) is 19.9 Å². The van der Waals surface area contributed by atoms with Crippen LogP contribution in [0.25, 0.3) is 0 Å². The molecule has 0 aliphatic rings. The third-order valence-electron chi connectivity index (χ3n) is 0.818. The van der Waals surface area contributed by atoms with E-state index in [-0.39, 0.29) is 5.38 Å². The molecule has 0 saturated heterocycles. The van der Waals surface area contributed by atoms with Crippen molar-refractivity contribution in [3.05, 3.63) is 0 Å². The maximum absolute atomic E-state index is 8.20. The molecule has 0 bridgehead atoms. The Morgan fingerprint density at radius 3 is 2.25 bits per heavy atom. The van der Waals surface area contributed by atoms with Crippen LogP contribution in [0.15, 0.2) is 0 Å². The molecule has 1 nitrogen and oxygen atoms in total.